The molecule has 0 saturated heterocycles. The molecule has 0 saturated carbocycles. The molecule has 2 aromatic heterocycles. The van der Waals surface area contributed by atoms with Crippen LogP contribution in [0.5, 0.6) is 0 Å². The van der Waals surface area contributed by atoms with Crippen LogP contribution in [0.4, 0.5) is 5.95 Å². The average Bonchev–Trinajstić information content (AvgIpc) is 3.17. The molecule has 5 aromatic rings. The van der Waals surface area contributed by atoms with E-state index < -0.39 is 0 Å². The van der Waals surface area contributed by atoms with E-state index in [4.69, 9.17) is 0 Å². The van der Waals surface area contributed by atoms with Gasteiger partial charge >= 0.3 is 0 Å². The molecule has 0 radical (unpaired) electrons. The quantitative estimate of drug-likeness (QED) is 0.469. The molecule has 6 heteroatoms. The summed E-state index contributed by atoms with van der Waals surface area (Å²) in [7, 11) is 0. The van der Waals surface area contributed by atoms with Gasteiger partial charge in [0.2, 0.25) is 5.95 Å². The molecule has 0 unspecified atom stereocenters. The normalized spacial score (nSPS) is 10.8. The van der Waals surface area contributed by atoms with Crippen molar-refractivity contribution in [3.63, 3.8) is 0 Å². The fourth-order valence-corrected chi connectivity index (χ4v) is 3.81. The van der Waals surface area contributed by atoms with Crippen molar-refractivity contribution in [2.45, 2.75) is 6.54 Å². The second kappa shape index (κ2) is 7.73. The molecule has 0 aliphatic carbocycles. The third kappa shape index (κ3) is 3.49. The number of hydrogen-bond donors (Lipinski definition) is 1. The minimum absolute atomic E-state index is 0.243. The van der Waals surface area contributed by atoms with Crippen LogP contribution in [-0.4, -0.2) is 20.4 Å². The van der Waals surface area contributed by atoms with Crippen LogP contribution in [0.25, 0.3) is 21.7 Å². The molecule has 0 bridgehead atoms. The van der Waals surface area contributed by atoms with Gasteiger partial charge < -0.3 is 4.57 Å². The third-order valence-corrected chi connectivity index (χ3v) is 5.27. The first kappa shape index (κ1) is 18.5. The number of amides is 1. The first-order chi connectivity index (χ1) is 15.2. The fraction of sp³-hybridized carbons (Fsp3) is 0.0400. The minimum Gasteiger partial charge on any atom is -0.332 e. The molecule has 1 amide bonds. The number of rotatable bonds is 4. The van der Waals surface area contributed by atoms with Crippen LogP contribution in [0.2, 0.25) is 0 Å². The van der Waals surface area contributed by atoms with Crippen molar-refractivity contribution in [1.29, 1.82) is 5.26 Å². The first-order valence-corrected chi connectivity index (χ1v) is 9.81. The Kier molecular flexibility index (Phi) is 4.62. The molecule has 148 valence electrons. The SMILES string of the molecule is N#Cc1ccc2cc(C(=O)Nc3ncccn3)n(Cc3cccc4ccccc34)c2c1. The number of fused-ring (bicyclic) bond motifs is 2. The van der Waals surface area contributed by atoms with E-state index in [1.54, 1.807) is 24.5 Å². The monoisotopic (exact) mass is 403 g/mol. The third-order valence-electron chi connectivity index (χ3n) is 5.27. The highest BCUT2D eigenvalue weighted by Crippen LogP contribution is 2.26. The maximum Gasteiger partial charge on any atom is 0.274 e. The molecule has 1 N–H and O–H groups in total. The van der Waals surface area contributed by atoms with E-state index in [0.717, 1.165) is 27.2 Å². The van der Waals surface area contributed by atoms with Crippen molar-refractivity contribution in [3.8, 4) is 6.07 Å². The van der Waals surface area contributed by atoms with E-state index in [1.807, 2.05) is 41.0 Å². The van der Waals surface area contributed by atoms with Crippen LogP contribution in [0.15, 0.2) is 85.2 Å². The van der Waals surface area contributed by atoms with Gasteiger partial charge in [0.25, 0.3) is 5.91 Å². The number of anilines is 1. The molecule has 6 nitrogen and oxygen atoms in total. The smallest absolute Gasteiger partial charge is 0.274 e. The highest BCUT2D eigenvalue weighted by molar-refractivity contribution is 6.06. The van der Waals surface area contributed by atoms with Crippen LogP contribution >= 0.6 is 0 Å². The maximum atomic E-state index is 13.1. The van der Waals surface area contributed by atoms with Crippen molar-refractivity contribution in [3.05, 3.63) is 102 Å². The number of nitrogens with zero attached hydrogens (tertiary/aromatic N) is 4. The number of nitriles is 1. The van der Waals surface area contributed by atoms with Gasteiger partial charge in [-0.05, 0) is 40.6 Å². The van der Waals surface area contributed by atoms with Gasteiger partial charge in [-0.25, -0.2) is 9.97 Å². The van der Waals surface area contributed by atoms with E-state index in [1.165, 1.54) is 0 Å². The lowest BCUT2D eigenvalue weighted by Crippen LogP contribution is -2.18. The van der Waals surface area contributed by atoms with Crippen LogP contribution in [0.3, 0.4) is 0 Å². The zero-order valence-electron chi connectivity index (χ0n) is 16.5. The van der Waals surface area contributed by atoms with Crippen molar-refractivity contribution in [2.24, 2.45) is 0 Å². The summed E-state index contributed by atoms with van der Waals surface area (Å²) in [4.78, 5) is 21.3. The lowest BCUT2D eigenvalue weighted by atomic mass is 10.0. The fourth-order valence-electron chi connectivity index (χ4n) is 3.81. The Bertz CT molecular complexity index is 1460. The molecule has 0 aliphatic rings. The van der Waals surface area contributed by atoms with Gasteiger partial charge in [0, 0.05) is 24.3 Å². The largest absolute Gasteiger partial charge is 0.332 e. The predicted molar refractivity (Wildman–Crippen MR) is 120 cm³/mol. The number of carbonyl (C=O) groups excluding carboxylic acids is 1. The summed E-state index contributed by atoms with van der Waals surface area (Å²) in [6.45, 7) is 0.484. The zero-order chi connectivity index (χ0) is 21.2. The topological polar surface area (TPSA) is 83.6 Å². The van der Waals surface area contributed by atoms with Crippen molar-refractivity contribution in [1.82, 2.24) is 14.5 Å². The first-order valence-electron chi connectivity index (χ1n) is 9.81. The molecule has 3 aromatic carbocycles. The van der Waals surface area contributed by atoms with Crippen LogP contribution in [0, 0.1) is 11.3 Å². The molecule has 0 aliphatic heterocycles. The van der Waals surface area contributed by atoms with E-state index in [-0.39, 0.29) is 11.9 Å². The van der Waals surface area contributed by atoms with E-state index in [2.05, 4.69) is 45.6 Å². The highest BCUT2D eigenvalue weighted by atomic mass is 16.2. The highest BCUT2D eigenvalue weighted by Gasteiger charge is 2.18. The van der Waals surface area contributed by atoms with Gasteiger partial charge in [0.05, 0.1) is 17.1 Å². The number of benzene rings is 3. The molecule has 5 rings (SSSR count). The van der Waals surface area contributed by atoms with Gasteiger partial charge in [-0.3, -0.25) is 10.1 Å². The average molecular weight is 403 g/mol. The van der Waals surface area contributed by atoms with Crippen molar-refractivity contribution < 1.29 is 4.79 Å². The zero-order valence-corrected chi connectivity index (χ0v) is 16.5. The Labute approximate surface area is 178 Å². The van der Waals surface area contributed by atoms with Gasteiger partial charge in [-0.1, -0.05) is 48.5 Å². The van der Waals surface area contributed by atoms with Gasteiger partial charge in [0.15, 0.2) is 0 Å². The summed E-state index contributed by atoms with van der Waals surface area (Å²) in [6, 6.07) is 25.5. The summed E-state index contributed by atoms with van der Waals surface area (Å²) in [6.07, 6.45) is 3.15. The van der Waals surface area contributed by atoms with Crippen LogP contribution in [0.1, 0.15) is 21.6 Å². The molecule has 0 spiro atoms. The van der Waals surface area contributed by atoms with E-state index in [9.17, 15) is 10.1 Å². The lowest BCUT2D eigenvalue weighted by Gasteiger charge is -2.13. The lowest BCUT2D eigenvalue weighted by molar-refractivity contribution is 0.101. The van der Waals surface area contributed by atoms with E-state index >= 15 is 0 Å². The molecule has 31 heavy (non-hydrogen) atoms. The summed E-state index contributed by atoms with van der Waals surface area (Å²) < 4.78 is 1.94. The van der Waals surface area contributed by atoms with Crippen molar-refractivity contribution >= 4 is 33.5 Å². The Balaban J connectivity index is 1.65. The van der Waals surface area contributed by atoms with Crippen LogP contribution in [-0.2, 0) is 6.54 Å². The Morgan fingerprint density at radius 2 is 1.74 bits per heavy atom. The van der Waals surface area contributed by atoms with Crippen molar-refractivity contribution in [2.75, 3.05) is 5.32 Å². The Morgan fingerprint density at radius 3 is 2.58 bits per heavy atom. The Morgan fingerprint density at radius 1 is 0.935 bits per heavy atom. The molecule has 0 atom stereocenters. The predicted octanol–water partition coefficient (Wildman–Crippen LogP) is 4.76. The second-order valence-corrected chi connectivity index (χ2v) is 7.17. The molecular formula is C25H17N5O. The number of carbonyl (C=O) groups is 1. The number of nitrogens with one attached hydrogen (secondary N) is 1. The van der Waals surface area contributed by atoms with E-state index in [0.29, 0.717) is 17.8 Å². The Hall–Kier alpha value is -4.50. The summed E-state index contributed by atoms with van der Waals surface area (Å²) >= 11 is 0. The molecule has 2 heterocycles. The summed E-state index contributed by atoms with van der Waals surface area (Å²) in [5.41, 5.74) is 2.93. The maximum absolute atomic E-state index is 13.1. The van der Waals surface area contributed by atoms with Crippen LogP contribution < -0.4 is 5.32 Å². The molecular weight excluding hydrogens is 386 g/mol. The number of hydrogen-bond acceptors (Lipinski definition) is 4. The molecule has 0 fully saturated rings. The summed E-state index contributed by atoms with van der Waals surface area (Å²) in [5, 5.41) is 15.3. The van der Waals surface area contributed by atoms with Gasteiger partial charge in [0.1, 0.15) is 5.69 Å². The number of aromatic nitrogens is 3. The summed E-state index contributed by atoms with van der Waals surface area (Å²) in [5.74, 6) is -0.0617. The van der Waals surface area contributed by atoms with Gasteiger partial charge in [-0.15, -0.1) is 0 Å². The standard InChI is InChI=1S/C25H17N5O/c26-15-17-9-10-19-14-23(24(31)29-25-27-11-4-12-28-25)30(22(19)13-17)16-20-7-3-6-18-5-1-2-8-21(18)20/h1-14H,16H2,(H,27,28,29,31). The minimum atomic E-state index is -0.304. The van der Waals surface area contributed by atoms with Gasteiger partial charge in [-0.2, -0.15) is 5.26 Å². The second-order valence-electron chi connectivity index (χ2n) is 7.17.